The average Bonchev–Trinajstić information content (AvgIpc) is 3.28. The number of esters is 3. The van der Waals surface area contributed by atoms with Crippen LogP contribution in [0.15, 0.2) is 134 Å². The lowest BCUT2D eigenvalue weighted by atomic mass is 10.1. The Balaban J connectivity index is 4.44. The van der Waals surface area contributed by atoms with Crippen molar-refractivity contribution in [2.45, 2.75) is 194 Å². The Labute approximate surface area is 385 Å². The van der Waals surface area contributed by atoms with Gasteiger partial charge in [-0.15, -0.1) is 0 Å². The van der Waals surface area contributed by atoms with E-state index in [1.165, 1.54) is 25.7 Å². The highest BCUT2D eigenvalue weighted by atomic mass is 16.6. The molecule has 0 rings (SSSR count). The molecule has 1 atom stereocenters. The fourth-order valence-electron chi connectivity index (χ4n) is 6.05. The minimum atomic E-state index is -0.844. The van der Waals surface area contributed by atoms with Crippen molar-refractivity contribution in [3.05, 3.63) is 134 Å². The third-order valence-electron chi connectivity index (χ3n) is 9.68. The van der Waals surface area contributed by atoms with Crippen molar-refractivity contribution < 1.29 is 28.6 Å². The van der Waals surface area contributed by atoms with Crippen LogP contribution in [0, 0.1) is 0 Å². The molecule has 0 bridgehead atoms. The van der Waals surface area contributed by atoms with Crippen molar-refractivity contribution in [3.63, 3.8) is 0 Å². The number of hydrogen-bond acceptors (Lipinski definition) is 6. The Bertz CT molecular complexity index is 1420. The number of rotatable bonds is 42. The third kappa shape index (κ3) is 48.4. The van der Waals surface area contributed by atoms with Crippen molar-refractivity contribution >= 4 is 17.9 Å². The van der Waals surface area contributed by atoms with E-state index in [0.717, 1.165) is 116 Å². The Hall–Kier alpha value is -4.45. The first kappa shape index (κ1) is 58.6. The summed E-state index contributed by atoms with van der Waals surface area (Å²) in [7, 11) is 0. The largest absolute Gasteiger partial charge is 0.462 e. The van der Waals surface area contributed by atoms with Gasteiger partial charge < -0.3 is 14.2 Å². The molecule has 0 aliphatic rings. The molecule has 0 aliphatic carbocycles. The number of unbranched alkanes of at least 4 members (excludes halogenated alkanes) is 10. The van der Waals surface area contributed by atoms with Gasteiger partial charge in [0.2, 0.25) is 0 Å². The minimum absolute atomic E-state index is 0.0858. The molecule has 0 N–H and O–H groups in total. The molecule has 6 nitrogen and oxygen atoms in total. The number of hydrogen-bond donors (Lipinski definition) is 0. The van der Waals surface area contributed by atoms with Gasteiger partial charge in [-0.05, 0) is 96.3 Å². The van der Waals surface area contributed by atoms with Crippen LogP contribution < -0.4 is 0 Å². The van der Waals surface area contributed by atoms with Crippen LogP contribution in [0.5, 0.6) is 0 Å². The average molecular weight is 869 g/mol. The molecule has 0 radical (unpaired) electrons. The summed E-state index contributed by atoms with van der Waals surface area (Å²) in [6.07, 6.45) is 70.5. The first-order valence-corrected chi connectivity index (χ1v) is 24.7. The van der Waals surface area contributed by atoms with E-state index in [1.54, 1.807) is 6.08 Å². The van der Waals surface area contributed by atoms with Gasteiger partial charge in [0.25, 0.3) is 0 Å². The molecule has 0 saturated heterocycles. The second-order valence-electron chi connectivity index (χ2n) is 15.6. The monoisotopic (exact) mass is 869 g/mol. The lowest BCUT2D eigenvalue weighted by Crippen LogP contribution is -2.30. The third-order valence-corrected chi connectivity index (χ3v) is 9.68. The molecule has 0 aliphatic heterocycles. The summed E-state index contributed by atoms with van der Waals surface area (Å²) in [6, 6.07) is 0. The highest BCUT2D eigenvalue weighted by Gasteiger charge is 2.19. The molecule has 0 aromatic rings. The van der Waals surface area contributed by atoms with E-state index >= 15 is 0 Å². The van der Waals surface area contributed by atoms with Gasteiger partial charge in [0.15, 0.2) is 6.10 Å². The van der Waals surface area contributed by atoms with E-state index in [9.17, 15) is 14.4 Å². The summed E-state index contributed by atoms with van der Waals surface area (Å²) in [6.45, 7) is 6.22. The predicted molar refractivity (Wildman–Crippen MR) is 269 cm³/mol. The van der Waals surface area contributed by atoms with E-state index in [4.69, 9.17) is 14.2 Å². The van der Waals surface area contributed by atoms with Crippen molar-refractivity contribution in [2.24, 2.45) is 0 Å². The van der Waals surface area contributed by atoms with Crippen molar-refractivity contribution in [3.8, 4) is 0 Å². The van der Waals surface area contributed by atoms with Crippen LogP contribution >= 0.6 is 0 Å². The van der Waals surface area contributed by atoms with Crippen molar-refractivity contribution in [1.29, 1.82) is 0 Å². The maximum absolute atomic E-state index is 12.7. The Morgan fingerprint density at radius 2 is 0.667 bits per heavy atom. The second kappa shape index (κ2) is 50.2. The number of carbonyl (C=O) groups excluding carboxylic acids is 3. The molecule has 6 heteroatoms. The number of allylic oxidation sites excluding steroid dienone is 21. The normalized spacial score (nSPS) is 13.3. The second-order valence-corrected chi connectivity index (χ2v) is 15.6. The molecular weight excluding hydrogens is 781 g/mol. The molecule has 0 spiro atoms. The molecule has 0 fully saturated rings. The number of ether oxygens (including phenoxy) is 3. The van der Waals surface area contributed by atoms with Gasteiger partial charge in [-0.2, -0.15) is 0 Å². The Morgan fingerprint density at radius 1 is 0.349 bits per heavy atom. The standard InChI is InChI=1S/C57H88O6/c1-4-7-10-13-16-18-20-22-24-25-26-27-28-29-30-31-33-34-36-38-41-44-47-50-56(59)62-53-54(52-61-55(58)49-46-43-40-15-12-9-6-3)63-57(60)51-48-45-42-39-37-35-32-23-21-19-17-14-11-8-5-2/h7-8,10-11,16-19,22-24,26-27,29-30,32-34,37,39,45,48,54H,4-6,9,12-15,20-21,25,28,31,35-36,38,40-44,46-47,49-53H2,1-3H3/b10-7-,11-8-,18-16-,19-17-,24-22-,27-26-,30-29-,32-23-,34-33-,39-37-,48-45-. The topological polar surface area (TPSA) is 78.9 Å². The van der Waals surface area contributed by atoms with Gasteiger partial charge in [-0.25, -0.2) is 0 Å². The van der Waals surface area contributed by atoms with Crippen LogP contribution in [-0.4, -0.2) is 37.2 Å². The SMILES string of the molecule is CC/C=C\C/C=C\C/C=C\C/C=C\C/C=C\C/C=C\CCCCCCC(=O)OCC(COC(=O)CCCCCCCCC)OC(=O)C/C=C\C/C=C\C/C=C\C/C=C\C/C=C\CC. The van der Waals surface area contributed by atoms with E-state index in [0.29, 0.717) is 19.3 Å². The minimum Gasteiger partial charge on any atom is -0.462 e. The van der Waals surface area contributed by atoms with Gasteiger partial charge >= 0.3 is 17.9 Å². The summed E-state index contributed by atoms with van der Waals surface area (Å²) >= 11 is 0. The van der Waals surface area contributed by atoms with Crippen LogP contribution in [0.25, 0.3) is 0 Å². The molecule has 0 aromatic carbocycles. The smallest absolute Gasteiger partial charge is 0.310 e. The van der Waals surface area contributed by atoms with Crippen LogP contribution in [0.2, 0.25) is 0 Å². The molecule has 0 saturated carbocycles. The summed E-state index contributed by atoms with van der Waals surface area (Å²) < 4.78 is 16.6. The van der Waals surface area contributed by atoms with E-state index in [-0.39, 0.29) is 31.6 Å². The quantitative estimate of drug-likeness (QED) is 0.0263. The Morgan fingerprint density at radius 3 is 1.05 bits per heavy atom. The number of carbonyl (C=O) groups is 3. The highest BCUT2D eigenvalue weighted by molar-refractivity contribution is 5.72. The zero-order chi connectivity index (χ0) is 45.8. The van der Waals surface area contributed by atoms with Gasteiger partial charge in [-0.1, -0.05) is 206 Å². The van der Waals surface area contributed by atoms with Crippen molar-refractivity contribution in [2.75, 3.05) is 13.2 Å². The molecule has 352 valence electrons. The molecule has 1 unspecified atom stereocenters. The van der Waals surface area contributed by atoms with Gasteiger partial charge in [0, 0.05) is 12.8 Å². The van der Waals surface area contributed by atoms with Crippen LogP contribution in [0.3, 0.4) is 0 Å². The van der Waals surface area contributed by atoms with E-state index < -0.39 is 12.1 Å². The van der Waals surface area contributed by atoms with Gasteiger partial charge in [-0.3, -0.25) is 14.4 Å². The summed E-state index contributed by atoms with van der Waals surface area (Å²) in [5.41, 5.74) is 0. The molecule has 0 aromatic heterocycles. The lowest BCUT2D eigenvalue weighted by molar-refractivity contribution is -0.166. The fourth-order valence-corrected chi connectivity index (χ4v) is 6.05. The first-order chi connectivity index (χ1) is 31.0. The van der Waals surface area contributed by atoms with Gasteiger partial charge in [0.05, 0.1) is 6.42 Å². The lowest BCUT2D eigenvalue weighted by Gasteiger charge is -2.18. The molecule has 0 amide bonds. The first-order valence-electron chi connectivity index (χ1n) is 24.7. The predicted octanol–water partition coefficient (Wildman–Crippen LogP) is 16.3. The molecule has 63 heavy (non-hydrogen) atoms. The fraction of sp³-hybridized carbons (Fsp3) is 0.561. The summed E-state index contributed by atoms with van der Waals surface area (Å²) in [5.74, 6) is -1.11. The zero-order valence-electron chi connectivity index (χ0n) is 40.0. The summed E-state index contributed by atoms with van der Waals surface area (Å²) in [5, 5.41) is 0. The molecular formula is C57H88O6. The van der Waals surface area contributed by atoms with E-state index in [2.05, 4.69) is 142 Å². The molecule has 0 heterocycles. The zero-order valence-corrected chi connectivity index (χ0v) is 40.0. The van der Waals surface area contributed by atoms with E-state index in [1.807, 2.05) is 6.08 Å². The maximum atomic E-state index is 12.7. The van der Waals surface area contributed by atoms with Gasteiger partial charge in [0.1, 0.15) is 13.2 Å². The van der Waals surface area contributed by atoms with Crippen LogP contribution in [0.4, 0.5) is 0 Å². The van der Waals surface area contributed by atoms with Crippen LogP contribution in [-0.2, 0) is 28.6 Å². The maximum Gasteiger partial charge on any atom is 0.310 e. The van der Waals surface area contributed by atoms with Crippen molar-refractivity contribution in [1.82, 2.24) is 0 Å². The highest BCUT2D eigenvalue weighted by Crippen LogP contribution is 2.11. The van der Waals surface area contributed by atoms with Crippen LogP contribution in [0.1, 0.15) is 188 Å². The Kier molecular flexibility index (Phi) is 46.7. The summed E-state index contributed by atoms with van der Waals surface area (Å²) in [4.78, 5) is 37.7.